The number of phenols is 1. The zero-order valence-electron chi connectivity index (χ0n) is 9.73. The van der Waals surface area contributed by atoms with Gasteiger partial charge in [0.15, 0.2) is 4.90 Å². The van der Waals surface area contributed by atoms with Crippen LogP contribution in [0.3, 0.4) is 0 Å². The molecule has 2 rings (SSSR count). The fourth-order valence-electron chi connectivity index (χ4n) is 2.02. The molecule has 0 saturated heterocycles. The van der Waals surface area contributed by atoms with E-state index in [4.69, 9.17) is 0 Å². The molecule has 84 valence electrons. The topological polar surface area (TPSA) is 20.2 Å². The van der Waals surface area contributed by atoms with Crippen LogP contribution in [-0.4, -0.2) is 16.6 Å². The number of fused-ring (bicyclic) bond motifs is 1. The van der Waals surface area contributed by atoms with E-state index in [-0.39, 0.29) is 0 Å². The Morgan fingerprint density at radius 1 is 0.938 bits per heavy atom. The summed E-state index contributed by atoms with van der Waals surface area (Å²) in [5.41, 5.74) is 0. The zero-order valence-corrected chi connectivity index (χ0v) is 10.6. The SMILES string of the molecule is CC[S+](CC)c1ccc(O)c2ccccc12. The molecule has 0 unspecified atom stereocenters. The third kappa shape index (κ3) is 1.90. The monoisotopic (exact) mass is 233 g/mol. The number of benzene rings is 2. The molecule has 0 aliphatic heterocycles. The lowest BCUT2D eigenvalue weighted by molar-refractivity contribution is 0.481. The van der Waals surface area contributed by atoms with E-state index in [0.717, 1.165) is 5.39 Å². The van der Waals surface area contributed by atoms with Crippen LogP contribution >= 0.6 is 0 Å². The van der Waals surface area contributed by atoms with Crippen LogP contribution < -0.4 is 0 Å². The standard InChI is InChI=1S/C14H16OS/c1-3-16(4-2)14-10-9-13(15)11-7-5-6-8-12(11)14/h5-10H,3-4H2,1-2H3/p+1. The highest BCUT2D eigenvalue weighted by atomic mass is 32.2. The van der Waals surface area contributed by atoms with Gasteiger partial charge in [0.05, 0.1) is 0 Å². The summed E-state index contributed by atoms with van der Waals surface area (Å²) in [7, 11) is 0.304. The first-order valence-electron chi connectivity index (χ1n) is 5.66. The lowest BCUT2D eigenvalue weighted by atomic mass is 10.1. The molecule has 0 amide bonds. The molecule has 0 bridgehead atoms. The summed E-state index contributed by atoms with van der Waals surface area (Å²) in [5.74, 6) is 2.73. The molecule has 0 aliphatic rings. The van der Waals surface area contributed by atoms with E-state index in [0.29, 0.717) is 16.6 Å². The predicted molar refractivity (Wildman–Crippen MR) is 72.3 cm³/mol. The maximum atomic E-state index is 9.83. The van der Waals surface area contributed by atoms with Gasteiger partial charge in [-0.25, -0.2) is 0 Å². The summed E-state index contributed by atoms with van der Waals surface area (Å²) in [6.07, 6.45) is 0. The van der Waals surface area contributed by atoms with Crippen molar-refractivity contribution >= 4 is 21.7 Å². The summed E-state index contributed by atoms with van der Waals surface area (Å²) >= 11 is 0. The van der Waals surface area contributed by atoms with E-state index in [9.17, 15) is 5.11 Å². The van der Waals surface area contributed by atoms with Crippen molar-refractivity contribution in [1.29, 1.82) is 0 Å². The maximum absolute atomic E-state index is 9.83. The van der Waals surface area contributed by atoms with Gasteiger partial charge >= 0.3 is 0 Å². The Balaban J connectivity index is 2.66. The maximum Gasteiger partial charge on any atom is 0.162 e. The number of rotatable bonds is 3. The Morgan fingerprint density at radius 3 is 2.19 bits per heavy atom. The van der Waals surface area contributed by atoms with Gasteiger partial charge in [0.2, 0.25) is 0 Å². The summed E-state index contributed by atoms with van der Waals surface area (Å²) in [4.78, 5) is 1.39. The summed E-state index contributed by atoms with van der Waals surface area (Å²) in [6.45, 7) is 4.46. The summed E-state index contributed by atoms with van der Waals surface area (Å²) in [6, 6.07) is 12.0. The van der Waals surface area contributed by atoms with Crippen LogP contribution in [-0.2, 0) is 10.9 Å². The molecule has 16 heavy (non-hydrogen) atoms. The molecule has 0 spiro atoms. The fraction of sp³-hybridized carbons (Fsp3) is 0.286. The minimum atomic E-state index is 0.304. The molecule has 0 radical (unpaired) electrons. The van der Waals surface area contributed by atoms with Crippen LogP contribution in [0.4, 0.5) is 0 Å². The highest BCUT2D eigenvalue weighted by molar-refractivity contribution is 7.97. The average molecular weight is 233 g/mol. The van der Waals surface area contributed by atoms with Crippen molar-refractivity contribution in [2.45, 2.75) is 18.7 Å². The molecule has 0 atom stereocenters. The quantitative estimate of drug-likeness (QED) is 0.804. The van der Waals surface area contributed by atoms with Crippen molar-refractivity contribution in [3.8, 4) is 5.75 Å². The molecule has 0 heterocycles. The van der Waals surface area contributed by atoms with Gasteiger partial charge in [-0.1, -0.05) is 18.2 Å². The molecular formula is C14H17OS+. The molecule has 2 aromatic rings. The predicted octanol–water partition coefficient (Wildman–Crippen LogP) is 3.56. The van der Waals surface area contributed by atoms with Crippen molar-refractivity contribution < 1.29 is 5.11 Å². The van der Waals surface area contributed by atoms with Crippen molar-refractivity contribution in [3.05, 3.63) is 36.4 Å². The van der Waals surface area contributed by atoms with Crippen LogP contribution in [0, 0.1) is 0 Å². The number of phenolic OH excluding ortho intramolecular Hbond substituents is 1. The van der Waals surface area contributed by atoms with Crippen LogP contribution in [0.1, 0.15) is 13.8 Å². The first-order chi connectivity index (χ1) is 7.77. The van der Waals surface area contributed by atoms with Gasteiger partial charge < -0.3 is 5.11 Å². The first kappa shape index (κ1) is 11.3. The molecule has 0 aromatic heterocycles. The Labute approximate surface area is 99.5 Å². The van der Waals surface area contributed by atoms with Gasteiger partial charge in [0, 0.05) is 21.7 Å². The minimum absolute atomic E-state index is 0.304. The van der Waals surface area contributed by atoms with Gasteiger partial charge in [-0.2, -0.15) is 0 Å². The second kappa shape index (κ2) is 4.79. The average Bonchev–Trinajstić information content (AvgIpc) is 2.34. The highest BCUT2D eigenvalue weighted by Crippen LogP contribution is 2.31. The third-order valence-corrected chi connectivity index (χ3v) is 5.24. The lowest BCUT2D eigenvalue weighted by Crippen LogP contribution is -2.08. The van der Waals surface area contributed by atoms with Gasteiger partial charge in [-0.3, -0.25) is 0 Å². The smallest absolute Gasteiger partial charge is 0.162 e. The van der Waals surface area contributed by atoms with Crippen molar-refractivity contribution in [1.82, 2.24) is 0 Å². The third-order valence-electron chi connectivity index (χ3n) is 2.87. The van der Waals surface area contributed by atoms with Gasteiger partial charge in [0.1, 0.15) is 17.3 Å². The Morgan fingerprint density at radius 2 is 1.56 bits per heavy atom. The van der Waals surface area contributed by atoms with Gasteiger partial charge in [0.25, 0.3) is 0 Å². The molecule has 1 nitrogen and oxygen atoms in total. The largest absolute Gasteiger partial charge is 0.507 e. The fourth-order valence-corrected chi connectivity index (χ4v) is 3.80. The second-order valence-corrected chi connectivity index (χ2v) is 6.28. The number of hydrogen-bond acceptors (Lipinski definition) is 1. The van der Waals surface area contributed by atoms with Crippen molar-refractivity contribution in [2.24, 2.45) is 0 Å². The molecule has 0 aliphatic carbocycles. The summed E-state index contributed by atoms with van der Waals surface area (Å²) in [5, 5.41) is 12.0. The van der Waals surface area contributed by atoms with E-state index in [1.807, 2.05) is 24.3 Å². The lowest BCUT2D eigenvalue weighted by Gasteiger charge is -2.08. The van der Waals surface area contributed by atoms with E-state index >= 15 is 0 Å². The Bertz CT molecular complexity index is 489. The first-order valence-corrected chi connectivity index (χ1v) is 7.22. The van der Waals surface area contributed by atoms with Crippen LogP contribution in [0.25, 0.3) is 10.8 Å². The minimum Gasteiger partial charge on any atom is -0.507 e. The van der Waals surface area contributed by atoms with Crippen molar-refractivity contribution in [3.63, 3.8) is 0 Å². The van der Waals surface area contributed by atoms with E-state index in [1.165, 1.54) is 21.8 Å². The van der Waals surface area contributed by atoms with Crippen LogP contribution in [0.2, 0.25) is 0 Å². The molecule has 2 aromatic carbocycles. The second-order valence-electron chi connectivity index (χ2n) is 3.70. The zero-order chi connectivity index (χ0) is 11.5. The molecule has 1 N–H and O–H groups in total. The van der Waals surface area contributed by atoms with E-state index < -0.39 is 0 Å². The molecule has 0 fully saturated rings. The summed E-state index contributed by atoms with van der Waals surface area (Å²) < 4.78 is 0. The molecule has 2 heteroatoms. The Kier molecular flexibility index (Phi) is 3.39. The normalized spacial score (nSPS) is 11.2. The van der Waals surface area contributed by atoms with Gasteiger partial charge in [-0.05, 0) is 32.0 Å². The van der Waals surface area contributed by atoms with Crippen molar-refractivity contribution in [2.75, 3.05) is 11.5 Å². The van der Waals surface area contributed by atoms with E-state index in [2.05, 4.69) is 26.0 Å². The molecule has 0 saturated carbocycles. The van der Waals surface area contributed by atoms with Crippen LogP contribution in [0.5, 0.6) is 5.75 Å². The number of hydrogen-bond donors (Lipinski definition) is 1. The highest BCUT2D eigenvalue weighted by Gasteiger charge is 2.20. The molecular weight excluding hydrogens is 216 g/mol. The van der Waals surface area contributed by atoms with Crippen LogP contribution in [0.15, 0.2) is 41.3 Å². The number of aromatic hydroxyl groups is 1. The Hall–Kier alpha value is -1.15. The van der Waals surface area contributed by atoms with E-state index in [1.54, 1.807) is 0 Å². The van der Waals surface area contributed by atoms with Gasteiger partial charge in [-0.15, -0.1) is 0 Å².